The van der Waals surface area contributed by atoms with E-state index in [0.717, 1.165) is 24.8 Å². The zero-order chi connectivity index (χ0) is 19.9. The van der Waals surface area contributed by atoms with E-state index in [-0.39, 0.29) is 18.0 Å². The van der Waals surface area contributed by atoms with E-state index >= 15 is 0 Å². The molecule has 0 saturated carbocycles. The lowest BCUT2D eigenvalue weighted by Gasteiger charge is -2.09. The molecule has 3 rings (SSSR count). The number of benzene rings is 2. The van der Waals surface area contributed by atoms with Crippen molar-refractivity contribution >= 4 is 23.2 Å². The van der Waals surface area contributed by atoms with Crippen molar-refractivity contribution < 1.29 is 4.79 Å². The molecule has 1 heterocycles. The number of halogens is 1. The lowest BCUT2D eigenvalue weighted by molar-refractivity contribution is -0.116. The molecule has 0 aliphatic carbocycles. The van der Waals surface area contributed by atoms with Crippen LogP contribution in [0.4, 0.5) is 5.69 Å². The van der Waals surface area contributed by atoms with Crippen LogP contribution in [-0.2, 0) is 17.8 Å². The van der Waals surface area contributed by atoms with E-state index in [2.05, 4.69) is 17.2 Å². The summed E-state index contributed by atoms with van der Waals surface area (Å²) in [7, 11) is 0. The van der Waals surface area contributed by atoms with Crippen molar-refractivity contribution in [2.24, 2.45) is 0 Å². The number of unbranched alkanes of at least 4 members (excludes halogenated alkanes) is 1. The van der Waals surface area contributed by atoms with Gasteiger partial charge in [-0.3, -0.25) is 14.2 Å². The van der Waals surface area contributed by atoms with E-state index in [4.69, 9.17) is 11.6 Å². The van der Waals surface area contributed by atoms with E-state index in [9.17, 15) is 9.59 Å². The summed E-state index contributed by atoms with van der Waals surface area (Å²) in [6.07, 6.45) is 4.72. The number of aromatic nitrogens is 2. The van der Waals surface area contributed by atoms with Crippen LogP contribution in [0.3, 0.4) is 0 Å². The molecule has 0 unspecified atom stereocenters. The maximum absolute atomic E-state index is 12.3. The van der Waals surface area contributed by atoms with Crippen molar-refractivity contribution in [2.75, 3.05) is 5.32 Å². The van der Waals surface area contributed by atoms with Gasteiger partial charge in [-0.25, -0.2) is 4.98 Å². The van der Waals surface area contributed by atoms with Crippen molar-refractivity contribution in [1.29, 1.82) is 0 Å². The molecule has 0 saturated heterocycles. The Bertz CT molecular complexity index is 996. The van der Waals surface area contributed by atoms with Gasteiger partial charge in [0.1, 0.15) is 6.54 Å². The van der Waals surface area contributed by atoms with Gasteiger partial charge in [0.15, 0.2) is 0 Å². The molecular formula is C22H22ClN3O2. The normalized spacial score (nSPS) is 10.6. The van der Waals surface area contributed by atoms with Gasteiger partial charge in [-0.1, -0.05) is 49.2 Å². The molecule has 5 nitrogen and oxygen atoms in total. The average Bonchev–Trinajstić information content (AvgIpc) is 2.69. The fourth-order valence-corrected chi connectivity index (χ4v) is 2.94. The molecule has 2 aromatic carbocycles. The van der Waals surface area contributed by atoms with Gasteiger partial charge in [0.05, 0.1) is 12.0 Å². The van der Waals surface area contributed by atoms with Gasteiger partial charge >= 0.3 is 0 Å². The van der Waals surface area contributed by atoms with Crippen LogP contribution in [-0.4, -0.2) is 15.5 Å². The van der Waals surface area contributed by atoms with Crippen molar-refractivity contribution in [1.82, 2.24) is 9.55 Å². The van der Waals surface area contributed by atoms with Gasteiger partial charge in [-0.2, -0.15) is 0 Å². The molecular weight excluding hydrogens is 374 g/mol. The van der Waals surface area contributed by atoms with Crippen LogP contribution >= 0.6 is 11.6 Å². The maximum atomic E-state index is 12.3. The van der Waals surface area contributed by atoms with Crippen LogP contribution in [0.2, 0.25) is 5.02 Å². The van der Waals surface area contributed by atoms with Crippen molar-refractivity contribution in [3.05, 3.63) is 81.9 Å². The van der Waals surface area contributed by atoms with Gasteiger partial charge in [0.25, 0.3) is 5.56 Å². The van der Waals surface area contributed by atoms with Gasteiger partial charge < -0.3 is 5.32 Å². The first-order valence-corrected chi connectivity index (χ1v) is 9.64. The smallest absolute Gasteiger partial charge is 0.254 e. The van der Waals surface area contributed by atoms with Crippen molar-refractivity contribution in [2.45, 2.75) is 32.7 Å². The van der Waals surface area contributed by atoms with Crippen LogP contribution in [0.1, 0.15) is 25.3 Å². The summed E-state index contributed by atoms with van der Waals surface area (Å²) in [5.74, 6) is -0.274. The predicted octanol–water partition coefficient (Wildman–Crippen LogP) is 4.55. The van der Waals surface area contributed by atoms with Crippen molar-refractivity contribution in [3.8, 4) is 11.3 Å². The molecule has 0 radical (unpaired) electrons. The van der Waals surface area contributed by atoms with E-state index in [1.165, 1.54) is 22.5 Å². The second-order valence-corrected chi connectivity index (χ2v) is 7.03. The van der Waals surface area contributed by atoms with Crippen LogP contribution in [0.5, 0.6) is 0 Å². The maximum Gasteiger partial charge on any atom is 0.254 e. The molecule has 0 atom stereocenters. The zero-order valence-electron chi connectivity index (χ0n) is 15.7. The zero-order valence-corrected chi connectivity index (χ0v) is 16.4. The first kappa shape index (κ1) is 19.8. The van der Waals surface area contributed by atoms with E-state index in [1.54, 1.807) is 24.3 Å². The molecule has 144 valence electrons. The third-order valence-corrected chi connectivity index (χ3v) is 4.64. The highest BCUT2D eigenvalue weighted by Crippen LogP contribution is 2.18. The number of aryl methyl sites for hydroxylation is 1. The third-order valence-electron chi connectivity index (χ3n) is 4.39. The van der Waals surface area contributed by atoms with E-state index in [0.29, 0.717) is 16.4 Å². The van der Waals surface area contributed by atoms with Gasteiger partial charge in [-0.15, -0.1) is 0 Å². The first-order chi connectivity index (χ1) is 13.5. The summed E-state index contributed by atoms with van der Waals surface area (Å²) in [5.41, 5.74) is 3.01. The molecule has 0 aliphatic rings. The van der Waals surface area contributed by atoms with Gasteiger partial charge in [0, 0.05) is 22.3 Å². The molecule has 1 aromatic heterocycles. The number of nitrogens with one attached hydrogen (secondary N) is 1. The number of anilines is 1. The van der Waals surface area contributed by atoms with Gasteiger partial charge in [-0.05, 0) is 42.7 Å². The predicted molar refractivity (Wildman–Crippen MR) is 113 cm³/mol. The summed E-state index contributed by atoms with van der Waals surface area (Å²) in [6, 6.07) is 16.3. The van der Waals surface area contributed by atoms with Crippen LogP contribution in [0.15, 0.2) is 65.7 Å². The highest BCUT2D eigenvalue weighted by atomic mass is 35.5. The third kappa shape index (κ3) is 5.30. The van der Waals surface area contributed by atoms with Crippen molar-refractivity contribution in [3.63, 3.8) is 0 Å². The fourth-order valence-electron chi connectivity index (χ4n) is 2.81. The van der Waals surface area contributed by atoms with Crippen LogP contribution < -0.4 is 10.9 Å². The number of nitrogens with zero attached hydrogens (tertiary/aromatic N) is 2. The van der Waals surface area contributed by atoms with Gasteiger partial charge in [0.2, 0.25) is 5.91 Å². The number of rotatable bonds is 7. The Labute approximate surface area is 169 Å². The lowest BCUT2D eigenvalue weighted by atomic mass is 10.1. The Morgan fingerprint density at radius 3 is 2.46 bits per heavy atom. The second kappa shape index (κ2) is 9.33. The Hall–Kier alpha value is -2.92. The molecule has 1 amide bonds. The number of hydrogen-bond donors (Lipinski definition) is 1. The first-order valence-electron chi connectivity index (χ1n) is 9.26. The molecule has 28 heavy (non-hydrogen) atoms. The largest absolute Gasteiger partial charge is 0.325 e. The summed E-state index contributed by atoms with van der Waals surface area (Å²) in [6.45, 7) is 2.07. The average molecular weight is 396 g/mol. The number of carbonyl (C=O) groups is 1. The molecule has 6 heteroatoms. The number of hydrogen-bond acceptors (Lipinski definition) is 3. The summed E-state index contributed by atoms with van der Waals surface area (Å²) in [4.78, 5) is 28.9. The minimum atomic E-state index is -0.287. The molecule has 0 fully saturated rings. The minimum absolute atomic E-state index is 0.0929. The highest BCUT2D eigenvalue weighted by Gasteiger charge is 2.08. The molecule has 0 spiro atoms. The molecule has 0 aliphatic heterocycles. The molecule has 0 bridgehead atoms. The Morgan fingerprint density at radius 1 is 1.11 bits per heavy atom. The molecule has 3 aromatic rings. The summed E-state index contributed by atoms with van der Waals surface area (Å²) >= 11 is 5.88. The number of carbonyl (C=O) groups excluding carboxylic acids is 1. The minimum Gasteiger partial charge on any atom is -0.325 e. The fraction of sp³-hybridized carbons (Fsp3) is 0.227. The quantitative estimate of drug-likeness (QED) is 0.638. The Morgan fingerprint density at radius 2 is 1.82 bits per heavy atom. The lowest BCUT2D eigenvalue weighted by Crippen LogP contribution is -2.27. The Kier molecular flexibility index (Phi) is 6.61. The number of amides is 1. The Balaban J connectivity index is 1.64. The van der Waals surface area contributed by atoms with E-state index < -0.39 is 0 Å². The highest BCUT2D eigenvalue weighted by molar-refractivity contribution is 6.30. The summed E-state index contributed by atoms with van der Waals surface area (Å²) < 4.78 is 1.28. The topological polar surface area (TPSA) is 64.0 Å². The monoisotopic (exact) mass is 395 g/mol. The van der Waals surface area contributed by atoms with Crippen LogP contribution in [0, 0.1) is 0 Å². The van der Waals surface area contributed by atoms with E-state index in [1.807, 2.05) is 24.3 Å². The SMILES string of the molecule is CCCCc1ccc(NC(=O)Cn2cnc(-c3ccc(Cl)cc3)cc2=O)cc1. The van der Waals surface area contributed by atoms with Crippen LogP contribution in [0.25, 0.3) is 11.3 Å². The molecule has 1 N–H and O–H groups in total. The standard InChI is InChI=1S/C22H22ClN3O2/c1-2-3-4-16-5-11-19(12-6-16)25-21(27)14-26-15-24-20(13-22(26)28)17-7-9-18(23)10-8-17/h5-13,15H,2-4,14H2,1H3,(H,25,27). The summed E-state index contributed by atoms with van der Waals surface area (Å²) in [5, 5.41) is 3.43. The second-order valence-electron chi connectivity index (χ2n) is 6.60.